The van der Waals surface area contributed by atoms with Crippen molar-refractivity contribution in [3.8, 4) is 0 Å². The molecule has 0 fully saturated rings. The first-order chi connectivity index (χ1) is 8.49. The molecule has 0 aromatic heterocycles. The molecule has 0 aliphatic carbocycles. The molecular weight excluding hydrogens is 240 g/mol. The maximum Gasteiger partial charge on any atom is 0.374 e. The fourth-order valence-electron chi connectivity index (χ4n) is 1.20. The van der Waals surface area contributed by atoms with Crippen molar-refractivity contribution < 1.29 is 29.0 Å². The van der Waals surface area contributed by atoms with E-state index in [1.54, 1.807) is 20.8 Å². The van der Waals surface area contributed by atoms with Gasteiger partial charge in [-0.05, 0) is 20.3 Å². The molecule has 0 spiro atoms. The summed E-state index contributed by atoms with van der Waals surface area (Å²) in [4.78, 5) is 34.5. The van der Waals surface area contributed by atoms with E-state index in [1.807, 2.05) is 0 Å². The lowest BCUT2D eigenvalue weighted by molar-refractivity contribution is -0.145. The lowest BCUT2D eigenvalue weighted by atomic mass is 10.1. The van der Waals surface area contributed by atoms with Crippen LogP contribution in [0.1, 0.15) is 33.6 Å². The van der Waals surface area contributed by atoms with Gasteiger partial charge >= 0.3 is 11.9 Å². The van der Waals surface area contributed by atoms with Crippen LogP contribution in [0, 0.1) is 0 Å². The number of carbonyl (C=O) groups excluding carboxylic acids is 3. The number of ether oxygens (including phenoxy) is 2. The van der Waals surface area contributed by atoms with Crippen molar-refractivity contribution in [2.75, 3.05) is 13.2 Å². The van der Waals surface area contributed by atoms with Crippen LogP contribution in [0.5, 0.6) is 0 Å². The highest BCUT2D eigenvalue weighted by atomic mass is 16.5. The fraction of sp³-hybridized carbons (Fsp3) is 0.583. The third-order valence-electron chi connectivity index (χ3n) is 1.94. The molecule has 0 aliphatic heterocycles. The minimum atomic E-state index is -1.11. The molecule has 18 heavy (non-hydrogen) atoms. The van der Waals surface area contributed by atoms with E-state index in [2.05, 4.69) is 9.47 Å². The molecule has 0 radical (unpaired) electrons. The highest BCUT2D eigenvalue weighted by Gasteiger charge is 2.28. The van der Waals surface area contributed by atoms with Gasteiger partial charge in [0.25, 0.3) is 0 Å². The Hall–Kier alpha value is -1.85. The highest BCUT2D eigenvalue weighted by molar-refractivity contribution is 6.20. The third kappa shape index (κ3) is 4.57. The number of aliphatic hydroxyl groups excluding tert-OH is 1. The molecular formula is C12H18O6. The molecule has 0 aliphatic rings. The number of ketones is 1. The third-order valence-corrected chi connectivity index (χ3v) is 1.94. The summed E-state index contributed by atoms with van der Waals surface area (Å²) >= 11 is 0. The van der Waals surface area contributed by atoms with Gasteiger partial charge < -0.3 is 14.6 Å². The number of hydrogen-bond donors (Lipinski definition) is 1. The van der Waals surface area contributed by atoms with Gasteiger partial charge in [0.1, 0.15) is 0 Å². The Balaban J connectivity index is 5.29. The summed E-state index contributed by atoms with van der Waals surface area (Å²) in [5.74, 6) is -3.75. The molecule has 0 unspecified atom stereocenters. The largest absolute Gasteiger partial charge is 0.501 e. The zero-order valence-corrected chi connectivity index (χ0v) is 10.8. The quantitative estimate of drug-likeness (QED) is 0.243. The lowest BCUT2D eigenvalue weighted by Gasteiger charge is -2.08. The van der Waals surface area contributed by atoms with Crippen molar-refractivity contribution in [2.24, 2.45) is 0 Å². The van der Waals surface area contributed by atoms with Crippen LogP contribution in [-0.2, 0) is 23.9 Å². The molecule has 0 rings (SSSR count). The van der Waals surface area contributed by atoms with Crippen LogP contribution in [0.25, 0.3) is 0 Å². The molecule has 0 amide bonds. The van der Waals surface area contributed by atoms with Gasteiger partial charge in [0, 0.05) is 6.42 Å². The maximum absolute atomic E-state index is 11.7. The van der Waals surface area contributed by atoms with Crippen molar-refractivity contribution >= 4 is 17.7 Å². The fourth-order valence-corrected chi connectivity index (χ4v) is 1.20. The average Bonchev–Trinajstić information content (AvgIpc) is 2.30. The van der Waals surface area contributed by atoms with E-state index in [-0.39, 0.29) is 19.6 Å². The second kappa shape index (κ2) is 8.27. The summed E-state index contributed by atoms with van der Waals surface area (Å²) < 4.78 is 9.17. The Kier molecular flexibility index (Phi) is 7.42. The zero-order chi connectivity index (χ0) is 14.1. The Labute approximate surface area is 106 Å². The minimum absolute atomic E-state index is 0.0287. The summed E-state index contributed by atoms with van der Waals surface area (Å²) in [6, 6.07) is 0. The Morgan fingerprint density at radius 1 is 0.944 bits per heavy atom. The maximum atomic E-state index is 11.7. The van der Waals surface area contributed by atoms with Gasteiger partial charge in [0.2, 0.25) is 5.76 Å². The first-order valence-corrected chi connectivity index (χ1v) is 5.80. The van der Waals surface area contributed by atoms with E-state index in [4.69, 9.17) is 0 Å². The number of carbonyl (C=O) groups is 3. The van der Waals surface area contributed by atoms with Crippen LogP contribution in [0.3, 0.4) is 0 Å². The van der Waals surface area contributed by atoms with E-state index < -0.39 is 29.1 Å². The first kappa shape index (κ1) is 16.1. The van der Waals surface area contributed by atoms with Gasteiger partial charge in [-0.3, -0.25) is 4.79 Å². The number of Topliss-reactive ketones (excluding diaryl/α,β-unsaturated/α-hetero) is 1. The van der Waals surface area contributed by atoms with Gasteiger partial charge in [-0.25, -0.2) is 9.59 Å². The summed E-state index contributed by atoms with van der Waals surface area (Å²) in [6.07, 6.45) is 0.523. The van der Waals surface area contributed by atoms with E-state index in [1.165, 1.54) is 0 Å². The summed E-state index contributed by atoms with van der Waals surface area (Å²) in [6.45, 7) is 4.91. The van der Waals surface area contributed by atoms with Gasteiger partial charge in [0.05, 0.1) is 13.2 Å². The van der Waals surface area contributed by atoms with E-state index >= 15 is 0 Å². The molecule has 1 N–H and O–H groups in total. The SMILES string of the molecule is CCCC(=O)/C(C(=O)OCC)=C(\O)C(=O)OCC. The first-order valence-electron chi connectivity index (χ1n) is 5.80. The van der Waals surface area contributed by atoms with Crippen molar-refractivity contribution in [3.63, 3.8) is 0 Å². The zero-order valence-electron chi connectivity index (χ0n) is 10.8. The van der Waals surface area contributed by atoms with Crippen molar-refractivity contribution in [3.05, 3.63) is 11.3 Å². The second-order valence-electron chi connectivity index (χ2n) is 3.34. The van der Waals surface area contributed by atoms with Crippen molar-refractivity contribution in [1.29, 1.82) is 0 Å². The molecule has 0 saturated heterocycles. The summed E-state index contributed by atoms with van der Waals surface area (Å²) in [7, 11) is 0. The van der Waals surface area contributed by atoms with E-state index in [9.17, 15) is 19.5 Å². The molecule has 102 valence electrons. The number of hydrogen-bond acceptors (Lipinski definition) is 6. The molecule has 0 saturated carbocycles. The Morgan fingerprint density at radius 2 is 1.44 bits per heavy atom. The second-order valence-corrected chi connectivity index (χ2v) is 3.34. The lowest BCUT2D eigenvalue weighted by Crippen LogP contribution is -2.22. The van der Waals surface area contributed by atoms with Crippen LogP contribution in [0.4, 0.5) is 0 Å². The van der Waals surface area contributed by atoms with Crippen molar-refractivity contribution in [2.45, 2.75) is 33.6 Å². The predicted molar refractivity (Wildman–Crippen MR) is 62.8 cm³/mol. The van der Waals surface area contributed by atoms with Gasteiger partial charge in [-0.1, -0.05) is 6.92 Å². The molecule has 0 bridgehead atoms. The minimum Gasteiger partial charge on any atom is -0.501 e. The standard InChI is InChI=1S/C12H18O6/c1-4-7-8(13)9(11(15)17-5-2)10(14)12(16)18-6-3/h14H,4-7H2,1-3H3/b10-9+. The van der Waals surface area contributed by atoms with E-state index in [0.717, 1.165) is 0 Å². The van der Waals surface area contributed by atoms with Gasteiger partial charge in [-0.15, -0.1) is 0 Å². The highest BCUT2D eigenvalue weighted by Crippen LogP contribution is 2.11. The molecule has 0 aromatic rings. The number of rotatable bonds is 7. The van der Waals surface area contributed by atoms with Gasteiger partial charge in [0.15, 0.2) is 11.4 Å². The normalized spacial score (nSPS) is 11.5. The Morgan fingerprint density at radius 3 is 1.89 bits per heavy atom. The average molecular weight is 258 g/mol. The summed E-state index contributed by atoms with van der Waals surface area (Å²) in [5.41, 5.74) is -0.642. The van der Waals surface area contributed by atoms with Crippen LogP contribution < -0.4 is 0 Å². The molecule has 0 aromatic carbocycles. The monoisotopic (exact) mass is 258 g/mol. The summed E-state index contributed by atoms with van der Waals surface area (Å²) in [5, 5.41) is 9.59. The Bertz CT molecular complexity index is 336. The topological polar surface area (TPSA) is 89.9 Å². The van der Waals surface area contributed by atoms with Crippen molar-refractivity contribution in [1.82, 2.24) is 0 Å². The molecule has 6 heteroatoms. The molecule has 6 nitrogen and oxygen atoms in total. The smallest absolute Gasteiger partial charge is 0.374 e. The van der Waals surface area contributed by atoms with Crippen LogP contribution in [0.2, 0.25) is 0 Å². The molecule has 0 atom stereocenters. The van der Waals surface area contributed by atoms with Crippen LogP contribution in [0.15, 0.2) is 11.3 Å². The van der Waals surface area contributed by atoms with Gasteiger partial charge in [-0.2, -0.15) is 0 Å². The van der Waals surface area contributed by atoms with E-state index in [0.29, 0.717) is 6.42 Å². The van der Waals surface area contributed by atoms with Crippen LogP contribution in [-0.4, -0.2) is 36.0 Å². The van der Waals surface area contributed by atoms with Crippen LogP contribution >= 0.6 is 0 Å². The molecule has 0 heterocycles. The number of esters is 2. The number of aliphatic hydroxyl groups is 1. The predicted octanol–water partition coefficient (Wildman–Crippen LogP) is 1.29.